The topological polar surface area (TPSA) is 81.6 Å². The Labute approximate surface area is 212 Å². The largest absolute Gasteiger partial charge is 0.497 e. The minimum Gasteiger partial charge on any atom is -0.497 e. The van der Waals surface area contributed by atoms with Crippen LogP contribution in [0.4, 0.5) is 10.1 Å². The second-order valence-electron chi connectivity index (χ2n) is 7.84. The minimum absolute atomic E-state index is 0.0183. The van der Waals surface area contributed by atoms with E-state index in [1.54, 1.807) is 44.6 Å². The van der Waals surface area contributed by atoms with E-state index in [1.165, 1.54) is 23.9 Å². The van der Waals surface area contributed by atoms with Gasteiger partial charge in [-0.2, -0.15) is 0 Å². The van der Waals surface area contributed by atoms with E-state index < -0.39 is 11.7 Å². The van der Waals surface area contributed by atoms with Crippen LogP contribution >= 0.6 is 11.8 Å². The highest BCUT2D eigenvalue weighted by atomic mass is 32.2. The van der Waals surface area contributed by atoms with Gasteiger partial charge in [0.1, 0.15) is 17.3 Å². The number of carbonyl (C=O) groups excluding carboxylic acids is 2. The summed E-state index contributed by atoms with van der Waals surface area (Å²) in [7, 11) is 3.10. The van der Waals surface area contributed by atoms with Crippen LogP contribution < -0.4 is 20.1 Å². The summed E-state index contributed by atoms with van der Waals surface area (Å²) in [4.78, 5) is 25.9. The lowest BCUT2D eigenvalue weighted by Gasteiger charge is -2.11. The molecule has 4 rings (SSSR count). The molecule has 4 aromatic rings. The highest BCUT2D eigenvalue weighted by Gasteiger charge is 2.14. The molecule has 0 fully saturated rings. The zero-order chi connectivity index (χ0) is 25.5. The summed E-state index contributed by atoms with van der Waals surface area (Å²) in [5.41, 5.74) is 1.54. The Morgan fingerprint density at radius 1 is 1.00 bits per heavy atom. The van der Waals surface area contributed by atoms with Crippen LogP contribution in [0.3, 0.4) is 0 Å². The van der Waals surface area contributed by atoms with Crippen molar-refractivity contribution < 1.29 is 23.5 Å². The number of thioether (sulfide) groups is 1. The van der Waals surface area contributed by atoms with Gasteiger partial charge in [0.25, 0.3) is 5.91 Å². The zero-order valence-corrected chi connectivity index (χ0v) is 20.7. The van der Waals surface area contributed by atoms with Crippen molar-refractivity contribution in [3.63, 3.8) is 0 Å². The number of ether oxygens (including phenoxy) is 2. The molecule has 0 bridgehead atoms. The molecule has 0 spiro atoms. The maximum absolute atomic E-state index is 13.9. The van der Waals surface area contributed by atoms with E-state index in [-0.39, 0.29) is 17.2 Å². The second kappa shape index (κ2) is 11.6. The van der Waals surface area contributed by atoms with Crippen LogP contribution in [0.15, 0.2) is 77.8 Å². The minimum atomic E-state index is -0.551. The molecular weight excluding hydrogens is 481 g/mol. The highest BCUT2D eigenvalue weighted by Crippen LogP contribution is 2.32. The smallest absolute Gasteiger partial charge is 0.254 e. The zero-order valence-electron chi connectivity index (χ0n) is 19.9. The van der Waals surface area contributed by atoms with Gasteiger partial charge in [-0.3, -0.25) is 9.59 Å². The van der Waals surface area contributed by atoms with Gasteiger partial charge in [-0.1, -0.05) is 30.3 Å². The Kier molecular flexibility index (Phi) is 8.12. The Balaban J connectivity index is 1.41. The maximum atomic E-state index is 13.9. The number of hydrogen-bond acceptors (Lipinski definition) is 5. The van der Waals surface area contributed by atoms with Crippen molar-refractivity contribution in [2.75, 3.05) is 31.8 Å². The molecule has 0 radical (unpaired) electrons. The standard InChI is InChI=1S/C27H26FN3O4S/c1-34-18-11-12-24(35-2)22(15-18)30-26(32)17-36-25-16-31(23-10-6-4-8-20(23)25)14-13-29-27(33)19-7-3-5-9-21(19)28/h3-12,15-16H,13-14,17H2,1-2H3,(H,29,33)(H,30,32). The molecule has 1 heterocycles. The van der Waals surface area contributed by atoms with Crippen molar-refractivity contribution >= 4 is 40.2 Å². The molecule has 2 amide bonds. The molecule has 36 heavy (non-hydrogen) atoms. The lowest BCUT2D eigenvalue weighted by atomic mass is 10.2. The van der Waals surface area contributed by atoms with Gasteiger partial charge < -0.3 is 24.7 Å². The highest BCUT2D eigenvalue weighted by molar-refractivity contribution is 8.00. The van der Waals surface area contributed by atoms with Crippen molar-refractivity contribution in [3.05, 3.63) is 84.3 Å². The van der Waals surface area contributed by atoms with Crippen LogP contribution in [0.25, 0.3) is 10.9 Å². The summed E-state index contributed by atoms with van der Waals surface area (Å²) >= 11 is 1.42. The van der Waals surface area contributed by atoms with E-state index in [2.05, 4.69) is 10.6 Å². The summed E-state index contributed by atoms with van der Waals surface area (Å²) in [5, 5.41) is 6.65. The van der Waals surface area contributed by atoms with Crippen molar-refractivity contribution in [2.24, 2.45) is 0 Å². The molecule has 186 valence electrons. The lowest BCUT2D eigenvalue weighted by Crippen LogP contribution is -2.27. The van der Waals surface area contributed by atoms with Gasteiger partial charge in [-0.05, 0) is 30.3 Å². The average molecular weight is 508 g/mol. The fourth-order valence-corrected chi connectivity index (χ4v) is 4.67. The van der Waals surface area contributed by atoms with E-state index in [0.29, 0.717) is 30.3 Å². The monoisotopic (exact) mass is 507 g/mol. The van der Waals surface area contributed by atoms with Crippen molar-refractivity contribution in [1.82, 2.24) is 9.88 Å². The third kappa shape index (κ3) is 5.80. The van der Waals surface area contributed by atoms with Crippen molar-refractivity contribution in [1.29, 1.82) is 0 Å². The van der Waals surface area contributed by atoms with E-state index in [9.17, 15) is 14.0 Å². The van der Waals surface area contributed by atoms with Crippen molar-refractivity contribution in [2.45, 2.75) is 11.4 Å². The number of aromatic nitrogens is 1. The van der Waals surface area contributed by atoms with Crippen LogP contribution in [0.1, 0.15) is 10.4 Å². The molecular formula is C27H26FN3O4S. The quantitative estimate of drug-likeness (QED) is 0.297. The Bertz CT molecular complexity index is 1390. The van der Waals surface area contributed by atoms with Crippen LogP contribution in [0, 0.1) is 5.82 Å². The molecule has 2 N–H and O–H groups in total. The number of amides is 2. The molecule has 0 aliphatic rings. The first-order chi connectivity index (χ1) is 17.5. The van der Waals surface area contributed by atoms with Crippen LogP contribution in [-0.2, 0) is 11.3 Å². The fourth-order valence-electron chi connectivity index (χ4n) is 3.78. The van der Waals surface area contributed by atoms with Crippen LogP contribution in [0.5, 0.6) is 11.5 Å². The van der Waals surface area contributed by atoms with E-state index in [0.717, 1.165) is 15.8 Å². The fraction of sp³-hybridized carbons (Fsp3) is 0.185. The first-order valence-electron chi connectivity index (χ1n) is 11.3. The summed E-state index contributed by atoms with van der Waals surface area (Å²) in [5.74, 6) is 0.166. The molecule has 0 aliphatic heterocycles. The number of nitrogens with zero attached hydrogens (tertiary/aromatic N) is 1. The summed E-state index contributed by atoms with van der Waals surface area (Å²) in [6, 6.07) is 19.0. The first-order valence-corrected chi connectivity index (χ1v) is 12.2. The number of benzene rings is 3. The van der Waals surface area contributed by atoms with Gasteiger partial charge in [0.15, 0.2) is 0 Å². The van der Waals surface area contributed by atoms with Gasteiger partial charge in [-0.25, -0.2) is 4.39 Å². The maximum Gasteiger partial charge on any atom is 0.254 e. The molecule has 0 saturated heterocycles. The first kappa shape index (κ1) is 25.1. The predicted octanol–water partition coefficient (Wildman–Crippen LogP) is 4.96. The second-order valence-corrected chi connectivity index (χ2v) is 8.86. The molecule has 0 aliphatic carbocycles. The molecule has 3 aromatic carbocycles. The summed E-state index contributed by atoms with van der Waals surface area (Å²) in [6.45, 7) is 0.820. The SMILES string of the molecule is COc1ccc(OC)c(NC(=O)CSc2cn(CCNC(=O)c3ccccc3F)c3ccccc23)c1. The number of methoxy groups -OCH3 is 2. The van der Waals surface area contributed by atoms with Gasteiger partial charge in [0.2, 0.25) is 5.91 Å². The Morgan fingerprint density at radius 2 is 1.78 bits per heavy atom. The third-order valence-electron chi connectivity index (χ3n) is 5.55. The number of halogens is 1. The predicted molar refractivity (Wildman–Crippen MR) is 140 cm³/mol. The Morgan fingerprint density at radius 3 is 2.56 bits per heavy atom. The van der Waals surface area contributed by atoms with Crippen LogP contribution in [0.2, 0.25) is 0 Å². The van der Waals surface area contributed by atoms with Gasteiger partial charge in [-0.15, -0.1) is 11.8 Å². The van der Waals surface area contributed by atoms with Gasteiger partial charge in [0, 0.05) is 41.2 Å². The summed E-state index contributed by atoms with van der Waals surface area (Å²) in [6.07, 6.45) is 1.96. The average Bonchev–Trinajstić information content (AvgIpc) is 3.25. The van der Waals surface area contributed by atoms with E-state index >= 15 is 0 Å². The number of para-hydroxylation sites is 1. The van der Waals surface area contributed by atoms with Crippen molar-refractivity contribution in [3.8, 4) is 11.5 Å². The normalized spacial score (nSPS) is 10.8. The number of anilines is 1. The molecule has 9 heteroatoms. The number of fused-ring (bicyclic) bond motifs is 1. The molecule has 7 nitrogen and oxygen atoms in total. The van der Waals surface area contributed by atoms with E-state index in [1.807, 2.05) is 35.0 Å². The van der Waals surface area contributed by atoms with Gasteiger partial charge in [0.05, 0.1) is 31.2 Å². The summed E-state index contributed by atoms with van der Waals surface area (Å²) < 4.78 is 26.4. The third-order valence-corrected chi connectivity index (χ3v) is 6.59. The van der Waals surface area contributed by atoms with Crippen LogP contribution in [-0.4, -0.2) is 42.9 Å². The molecule has 0 unspecified atom stereocenters. The molecule has 1 aromatic heterocycles. The van der Waals surface area contributed by atoms with Gasteiger partial charge >= 0.3 is 0 Å². The Hall–Kier alpha value is -3.98. The number of nitrogens with one attached hydrogen (secondary N) is 2. The number of hydrogen-bond donors (Lipinski definition) is 2. The number of rotatable bonds is 10. The molecule has 0 saturated carbocycles. The number of carbonyl (C=O) groups is 2. The lowest BCUT2D eigenvalue weighted by molar-refractivity contribution is -0.113. The molecule has 0 atom stereocenters. The van der Waals surface area contributed by atoms with E-state index in [4.69, 9.17) is 9.47 Å².